The van der Waals surface area contributed by atoms with Crippen LogP contribution >= 0.6 is 0 Å². The van der Waals surface area contributed by atoms with Gasteiger partial charge in [-0.15, -0.1) is 0 Å². The second-order valence-electron chi connectivity index (χ2n) is 7.61. The van der Waals surface area contributed by atoms with Crippen molar-refractivity contribution < 1.29 is 22.9 Å². The number of hydrogen-bond acceptors (Lipinski definition) is 3. The van der Waals surface area contributed by atoms with Crippen LogP contribution in [0.5, 0.6) is 0 Å². The largest absolute Gasteiger partial charge is 0.494 e. The molecule has 0 atom stereocenters. The van der Waals surface area contributed by atoms with Crippen molar-refractivity contribution in [1.29, 1.82) is 0 Å². The predicted octanol–water partition coefficient (Wildman–Crippen LogP) is 3.19. The molecule has 2 aromatic carbocycles. The lowest BCUT2D eigenvalue weighted by molar-refractivity contribution is 0.00578. The van der Waals surface area contributed by atoms with Crippen molar-refractivity contribution in [3.8, 4) is 0 Å². The van der Waals surface area contributed by atoms with Gasteiger partial charge in [0.15, 0.2) is 11.6 Å². The maximum atomic E-state index is 13.7. The van der Waals surface area contributed by atoms with Gasteiger partial charge in [-0.2, -0.15) is 0 Å². The summed E-state index contributed by atoms with van der Waals surface area (Å²) in [5.41, 5.74) is 0.544. The molecule has 3 rings (SSSR count). The summed E-state index contributed by atoms with van der Waals surface area (Å²) in [7, 11) is -0.458. The summed E-state index contributed by atoms with van der Waals surface area (Å²) < 4.78 is 38.9. The first-order valence-electron chi connectivity index (χ1n) is 8.77. The van der Waals surface area contributed by atoms with Crippen molar-refractivity contribution in [3.63, 3.8) is 0 Å². The van der Waals surface area contributed by atoms with E-state index < -0.39 is 35.9 Å². The number of nitrogens with one attached hydrogen (secondary N) is 1. The zero-order chi connectivity index (χ0) is 19.8. The van der Waals surface area contributed by atoms with Crippen molar-refractivity contribution >= 4 is 18.5 Å². The van der Waals surface area contributed by atoms with Crippen LogP contribution in [0.2, 0.25) is 0 Å². The van der Waals surface area contributed by atoms with Crippen molar-refractivity contribution in [2.24, 2.45) is 0 Å². The van der Waals surface area contributed by atoms with E-state index in [0.717, 1.165) is 17.1 Å². The third kappa shape index (κ3) is 3.89. The fourth-order valence-corrected chi connectivity index (χ4v) is 2.73. The number of rotatable bonds is 4. The fraction of sp³-hybridized carbons (Fsp3) is 0.350. The summed E-state index contributed by atoms with van der Waals surface area (Å²) in [6.45, 7) is 8.15. The average molecular weight is 373 g/mol. The molecule has 1 N–H and O–H groups in total. The molecule has 0 saturated carbocycles. The van der Waals surface area contributed by atoms with Crippen LogP contribution in [0.25, 0.3) is 0 Å². The van der Waals surface area contributed by atoms with Crippen LogP contribution in [0.4, 0.5) is 8.78 Å². The lowest BCUT2D eigenvalue weighted by Crippen LogP contribution is -2.41. The summed E-state index contributed by atoms with van der Waals surface area (Å²) >= 11 is 0. The highest BCUT2D eigenvalue weighted by molar-refractivity contribution is 6.62. The van der Waals surface area contributed by atoms with Gasteiger partial charge < -0.3 is 14.6 Å². The van der Waals surface area contributed by atoms with Crippen LogP contribution in [0.15, 0.2) is 42.5 Å². The summed E-state index contributed by atoms with van der Waals surface area (Å²) in [5, 5.41) is 2.59. The highest BCUT2D eigenvalue weighted by Gasteiger charge is 2.51. The van der Waals surface area contributed by atoms with E-state index in [-0.39, 0.29) is 12.1 Å². The number of hydrogen-bond donors (Lipinski definition) is 1. The van der Waals surface area contributed by atoms with E-state index in [1.165, 1.54) is 12.1 Å². The van der Waals surface area contributed by atoms with Gasteiger partial charge in [0.05, 0.1) is 16.8 Å². The quantitative estimate of drug-likeness (QED) is 0.838. The first-order valence-corrected chi connectivity index (χ1v) is 8.77. The molecule has 142 valence electrons. The van der Waals surface area contributed by atoms with Crippen LogP contribution in [-0.4, -0.2) is 24.2 Å². The Labute approximate surface area is 158 Å². The molecule has 1 saturated heterocycles. The van der Waals surface area contributed by atoms with Gasteiger partial charge in [-0.05, 0) is 50.9 Å². The van der Waals surface area contributed by atoms with E-state index in [1.54, 1.807) is 0 Å². The van der Waals surface area contributed by atoms with Crippen molar-refractivity contribution in [3.05, 3.63) is 65.2 Å². The number of halogens is 2. The van der Waals surface area contributed by atoms with Crippen LogP contribution in [0, 0.1) is 11.6 Å². The molecule has 0 aromatic heterocycles. The normalized spacial score (nSPS) is 17.8. The Morgan fingerprint density at radius 1 is 1.00 bits per heavy atom. The third-order valence-corrected chi connectivity index (χ3v) is 5.15. The molecule has 0 bridgehead atoms. The summed E-state index contributed by atoms with van der Waals surface area (Å²) in [5.74, 6) is -2.86. The first kappa shape index (κ1) is 19.5. The molecule has 1 aliphatic heterocycles. The minimum atomic E-state index is -1.15. The molecular weight excluding hydrogens is 351 g/mol. The van der Waals surface area contributed by atoms with E-state index >= 15 is 0 Å². The van der Waals surface area contributed by atoms with Crippen LogP contribution in [0.3, 0.4) is 0 Å². The van der Waals surface area contributed by atoms with E-state index in [9.17, 15) is 13.6 Å². The molecule has 0 radical (unpaired) electrons. The van der Waals surface area contributed by atoms with E-state index in [2.05, 4.69) is 5.32 Å². The van der Waals surface area contributed by atoms with Gasteiger partial charge >= 0.3 is 7.12 Å². The Morgan fingerprint density at radius 3 is 2.19 bits per heavy atom. The Bertz CT molecular complexity index is 837. The highest BCUT2D eigenvalue weighted by atomic mass is 19.2. The van der Waals surface area contributed by atoms with Gasteiger partial charge in [-0.3, -0.25) is 4.79 Å². The third-order valence-electron chi connectivity index (χ3n) is 5.15. The molecule has 0 spiro atoms. The van der Waals surface area contributed by atoms with Crippen LogP contribution < -0.4 is 10.8 Å². The molecule has 1 fully saturated rings. The van der Waals surface area contributed by atoms with E-state index in [4.69, 9.17) is 9.31 Å². The fourth-order valence-electron chi connectivity index (χ4n) is 2.73. The molecule has 4 nitrogen and oxygen atoms in total. The second kappa shape index (κ2) is 7.05. The van der Waals surface area contributed by atoms with E-state index in [1.807, 2.05) is 52.0 Å². The Kier molecular flexibility index (Phi) is 5.10. The van der Waals surface area contributed by atoms with Gasteiger partial charge in [-0.25, -0.2) is 8.78 Å². The maximum absolute atomic E-state index is 13.7. The summed E-state index contributed by atoms with van der Waals surface area (Å²) in [4.78, 5) is 12.1. The molecule has 0 aliphatic carbocycles. The SMILES string of the molecule is CC1(C)OB(c2ccc(CNC(=O)c3cccc(F)c3F)cc2)OC1(C)C. The predicted molar refractivity (Wildman–Crippen MR) is 99.7 cm³/mol. The topological polar surface area (TPSA) is 47.6 Å². The molecule has 1 aliphatic rings. The number of amides is 1. The summed E-state index contributed by atoms with van der Waals surface area (Å²) in [6, 6.07) is 10.9. The Hall–Kier alpha value is -2.25. The Balaban J connectivity index is 1.63. The number of carbonyl (C=O) groups is 1. The second-order valence-corrected chi connectivity index (χ2v) is 7.61. The first-order chi connectivity index (χ1) is 12.6. The Morgan fingerprint density at radius 2 is 1.59 bits per heavy atom. The van der Waals surface area contributed by atoms with Crippen molar-refractivity contribution in [1.82, 2.24) is 5.32 Å². The van der Waals surface area contributed by atoms with Crippen LogP contribution in [0.1, 0.15) is 43.6 Å². The number of carbonyl (C=O) groups excluding carboxylic acids is 1. The van der Waals surface area contributed by atoms with Gasteiger partial charge in [-0.1, -0.05) is 30.3 Å². The van der Waals surface area contributed by atoms with Crippen molar-refractivity contribution in [2.45, 2.75) is 45.4 Å². The minimum absolute atomic E-state index is 0.193. The highest BCUT2D eigenvalue weighted by Crippen LogP contribution is 2.36. The van der Waals surface area contributed by atoms with Gasteiger partial charge in [0.2, 0.25) is 0 Å². The van der Waals surface area contributed by atoms with Gasteiger partial charge in [0.25, 0.3) is 5.91 Å². The van der Waals surface area contributed by atoms with Crippen molar-refractivity contribution in [2.75, 3.05) is 0 Å². The van der Waals surface area contributed by atoms with Crippen LogP contribution in [-0.2, 0) is 15.9 Å². The summed E-state index contributed by atoms with van der Waals surface area (Å²) in [6.07, 6.45) is 0. The molecule has 7 heteroatoms. The molecule has 0 unspecified atom stereocenters. The smallest absolute Gasteiger partial charge is 0.399 e. The number of benzene rings is 2. The molecule has 1 heterocycles. The average Bonchev–Trinajstić information content (AvgIpc) is 2.83. The zero-order valence-electron chi connectivity index (χ0n) is 15.8. The lowest BCUT2D eigenvalue weighted by Gasteiger charge is -2.32. The minimum Gasteiger partial charge on any atom is -0.399 e. The van der Waals surface area contributed by atoms with Gasteiger partial charge in [0, 0.05) is 6.54 Å². The molecule has 2 aromatic rings. The zero-order valence-corrected chi connectivity index (χ0v) is 15.8. The van der Waals surface area contributed by atoms with E-state index in [0.29, 0.717) is 0 Å². The van der Waals surface area contributed by atoms with Gasteiger partial charge in [0.1, 0.15) is 0 Å². The lowest BCUT2D eigenvalue weighted by atomic mass is 9.79. The standard InChI is InChI=1S/C20H22BF2NO3/c1-19(2)20(3,4)27-21(26-19)14-10-8-13(9-11-14)12-24-18(25)15-6-5-7-16(22)17(15)23/h5-11H,12H2,1-4H3,(H,24,25). The molecule has 1 amide bonds. The molecular formula is C20H22BF2NO3. The maximum Gasteiger partial charge on any atom is 0.494 e. The monoisotopic (exact) mass is 373 g/mol. The molecule has 27 heavy (non-hydrogen) atoms.